The van der Waals surface area contributed by atoms with Crippen molar-refractivity contribution in [2.24, 2.45) is 11.8 Å². The maximum Gasteiger partial charge on any atom is 0.410 e. The zero-order chi connectivity index (χ0) is 15.5. The summed E-state index contributed by atoms with van der Waals surface area (Å²) in [5, 5.41) is 9.45. The molecule has 1 heterocycles. The van der Waals surface area contributed by atoms with Crippen LogP contribution in [0.2, 0.25) is 0 Å². The molecule has 116 valence electrons. The Balaban J connectivity index is 2.91. The second-order valence-corrected chi connectivity index (χ2v) is 6.84. The van der Waals surface area contributed by atoms with E-state index in [0.717, 1.165) is 19.3 Å². The van der Waals surface area contributed by atoms with E-state index in [4.69, 9.17) is 4.74 Å². The molecular formula is C15H27NO4. The van der Waals surface area contributed by atoms with Crippen molar-refractivity contribution in [3.8, 4) is 0 Å². The Bertz CT molecular complexity index is 359. The van der Waals surface area contributed by atoms with E-state index >= 15 is 0 Å². The van der Waals surface area contributed by atoms with Gasteiger partial charge in [-0.05, 0) is 46.0 Å². The van der Waals surface area contributed by atoms with Crippen LogP contribution in [0.25, 0.3) is 0 Å². The molecule has 0 aliphatic carbocycles. The first-order valence-electron chi connectivity index (χ1n) is 7.36. The zero-order valence-corrected chi connectivity index (χ0v) is 13.2. The number of amides is 1. The molecule has 2 atom stereocenters. The van der Waals surface area contributed by atoms with E-state index in [-0.39, 0.29) is 12.0 Å². The zero-order valence-electron chi connectivity index (χ0n) is 13.2. The highest BCUT2D eigenvalue weighted by Gasteiger charge is 2.39. The van der Waals surface area contributed by atoms with Crippen LogP contribution in [0.1, 0.15) is 53.9 Å². The van der Waals surface area contributed by atoms with Crippen molar-refractivity contribution in [2.45, 2.75) is 65.5 Å². The monoisotopic (exact) mass is 285 g/mol. The van der Waals surface area contributed by atoms with Crippen molar-refractivity contribution in [1.29, 1.82) is 0 Å². The fourth-order valence-electron chi connectivity index (χ4n) is 2.77. The van der Waals surface area contributed by atoms with Crippen LogP contribution in [0.4, 0.5) is 4.79 Å². The molecule has 2 unspecified atom stereocenters. The largest absolute Gasteiger partial charge is 0.481 e. The number of hydrogen-bond donors (Lipinski definition) is 1. The molecule has 5 nitrogen and oxygen atoms in total. The molecule has 1 fully saturated rings. The van der Waals surface area contributed by atoms with Gasteiger partial charge in [-0.25, -0.2) is 4.79 Å². The number of aliphatic carboxylic acids is 1. The van der Waals surface area contributed by atoms with Crippen LogP contribution in [-0.4, -0.2) is 40.3 Å². The number of nitrogens with zero attached hydrogens (tertiary/aromatic N) is 1. The van der Waals surface area contributed by atoms with Gasteiger partial charge in [0.05, 0.1) is 5.92 Å². The number of ether oxygens (including phenoxy) is 1. The molecule has 1 N–H and O–H groups in total. The summed E-state index contributed by atoms with van der Waals surface area (Å²) in [5.74, 6) is -1.39. The first-order chi connectivity index (χ1) is 9.13. The SMILES string of the molecule is CC(C)C(C(=O)O)C1CCCCN1C(=O)OC(C)(C)C. The number of piperidine rings is 1. The van der Waals surface area contributed by atoms with E-state index in [9.17, 15) is 14.7 Å². The standard InChI is InChI=1S/C15H27NO4/c1-10(2)12(13(17)18)11-8-6-7-9-16(11)14(19)20-15(3,4)5/h10-12H,6-9H2,1-5H3,(H,17,18). The molecule has 5 heteroatoms. The molecule has 0 aromatic carbocycles. The van der Waals surface area contributed by atoms with Crippen molar-refractivity contribution >= 4 is 12.1 Å². The van der Waals surface area contributed by atoms with Gasteiger partial charge in [-0.2, -0.15) is 0 Å². The summed E-state index contributed by atoms with van der Waals surface area (Å²) in [6, 6.07) is -0.268. The maximum absolute atomic E-state index is 12.3. The smallest absolute Gasteiger partial charge is 0.410 e. The second-order valence-electron chi connectivity index (χ2n) is 6.84. The summed E-state index contributed by atoms with van der Waals surface area (Å²) >= 11 is 0. The molecule has 0 spiro atoms. The molecule has 0 bridgehead atoms. The van der Waals surface area contributed by atoms with Crippen molar-refractivity contribution < 1.29 is 19.4 Å². The van der Waals surface area contributed by atoms with Gasteiger partial charge in [0.1, 0.15) is 5.60 Å². The molecule has 1 amide bonds. The minimum Gasteiger partial charge on any atom is -0.481 e. The number of carboxylic acids is 1. The predicted octanol–water partition coefficient (Wildman–Crippen LogP) is 3.13. The van der Waals surface area contributed by atoms with Crippen LogP contribution in [0.5, 0.6) is 0 Å². The molecule has 1 saturated heterocycles. The Hall–Kier alpha value is -1.26. The van der Waals surface area contributed by atoms with Gasteiger partial charge in [0, 0.05) is 12.6 Å². The second kappa shape index (κ2) is 6.46. The number of hydrogen-bond acceptors (Lipinski definition) is 3. The number of carbonyl (C=O) groups is 2. The molecule has 1 rings (SSSR count). The summed E-state index contributed by atoms with van der Waals surface area (Å²) in [4.78, 5) is 25.4. The quantitative estimate of drug-likeness (QED) is 0.865. The summed E-state index contributed by atoms with van der Waals surface area (Å²) in [6.45, 7) is 9.82. The van der Waals surface area contributed by atoms with E-state index < -0.39 is 23.6 Å². The Kier molecular flexibility index (Phi) is 5.42. The molecular weight excluding hydrogens is 258 g/mol. The normalized spacial score (nSPS) is 21.7. The minimum atomic E-state index is -0.833. The summed E-state index contributed by atoms with van der Waals surface area (Å²) in [5.41, 5.74) is -0.560. The lowest BCUT2D eigenvalue weighted by atomic mass is 9.83. The Morgan fingerprint density at radius 2 is 1.85 bits per heavy atom. The summed E-state index contributed by atoms with van der Waals surface area (Å²) in [7, 11) is 0. The maximum atomic E-state index is 12.3. The van der Waals surface area contributed by atoms with E-state index in [1.807, 2.05) is 34.6 Å². The summed E-state index contributed by atoms with van der Waals surface area (Å²) < 4.78 is 5.41. The van der Waals surface area contributed by atoms with Crippen molar-refractivity contribution in [3.05, 3.63) is 0 Å². The Morgan fingerprint density at radius 1 is 1.25 bits per heavy atom. The molecule has 20 heavy (non-hydrogen) atoms. The Morgan fingerprint density at radius 3 is 2.30 bits per heavy atom. The van der Waals surface area contributed by atoms with Gasteiger partial charge in [0.2, 0.25) is 0 Å². The van der Waals surface area contributed by atoms with Gasteiger partial charge in [0.25, 0.3) is 0 Å². The third-order valence-electron chi connectivity index (χ3n) is 3.60. The molecule has 0 saturated carbocycles. The van der Waals surface area contributed by atoms with Crippen LogP contribution in [0.3, 0.4) is 0 Å². The minimum absolute atomic E-state index is 0.0134. The third-order valence-corrected chi connectivity index (χ3v) is 3.60. The van der Waals surface area contributed by atoms with Crippen molar-refractivity contribution in [3.63, 3.8) is 0 Å². The van der Waals surface area contributed by atoms with Gasteiger partial charge in [0.15, 0.2) is 0 Å². The van der Waals surface area contributed by atoms with Gasteiger partial charge >= 0.3 is 12.1 Å². The van der Waals surface area contributed by atoms with Crippen LogP contribution in [0, 0.1) is 11.8 Å². The highest BCUT2D eigenvalue weighted by molar-refractivity contribution is 5.74. The molecule has 1 aliphatic heterocycles. The van der Waals surface area contributed by atoms with Crippen LogP contribution in [-0.2, 0) is 9.53 Å². The average Bonchev–Trinajstić information content (AvgIpc) is 2.26. The van der Waals surface area contributed by atoms with Crippen molar-refractivity contribution in [2.75, 3.05) is 6.54 Å². The van der Waals surface area contributed by atoms with Gasteiger partial charge in [-0.1, -0.05) is 13.8 Å². The molecule has 0 radical (unpaired) electrons. The van der Waals surface area contributed by atoms with Crippen molar-refractivity contribution in [1.82, 2.24) is 4.90 Å². The topological polar surface area (TPSA) is 66.8 Å². The number of rotatable bonds is 3. The summed E-state index contributed by atoms with van der Waals surface area (Å²) in [6.07, 6.45) is 2.20. The van der Waals surface area contributed by atoms with Crippen LogP contribution < -0.4 is 0 Å². The first kappa shape index (κ1) is 16.8. The van der Waals surface area contributed by atoms with Crippen LogP contribution >= 0.6 is 0 Å². The number of carbonyl (C=O) groups excluding carboxylic acids is 1. The lowest BCUT2D eigenvalue weighted by molar-refractivity contribution is -0.146. The molecule has 0 aromatic rings. The number of likely N-dealkylation sites (tertiary alicyclic amines) is 1. The van der Waals surface area contributed by atoms with E-state index in [2.05, 4.69) is 0 Å². The first-order valence-corrected chi connectivity index (χ1v) is 7.36. The highest BCUT2D eigenvalue weighted by Crippen LogP contribution is 2.29. The van der Waals surface area contributed by atoms with Crippen LogP contribution in [0.15, 0.2) is 0 Å². The fourth-order valence-corrected chi connectivity index (χ4v) is 2.77. The fraction of sp³-hybridized carbons (Fsp3) is 0.867. The van der Waals surface area contributed by atoms with E-state index in [1.165, 1.54) is 0 Å². The molecule has 1 aliphatic rings. The lowest BCUT2D eigenvalue weighted by Gasteiger charge is -2.40. The van der Waals surface area contributed by atoms with Gasteiger partial charge < -0.3 is 14.7 Å². The lowest BCUT2D eigenvalue weighted by Crippen LogP contribution is -2.52. The third kappa shape index (κ3) is 4.39. The van der Waals surface area contributed by atoms with Gasteiger partial charge in [-0.3, -0.25) is 4.79 Å². The highest BCUT2D eigenvalue weighted by atomic mass is 16.6. The number of carboxylic acid groups (broad SMARTS) is 1. The van der Waals surface area contributed by atoms with E-state index in [0.29, 0.717) is 6.54 Å². The average molecular weight is 285 g/mol. The van der Waals surface area contributed by atoms with Gasteiger partial charge in [-0.15, -0.1) is 0 Å². The predicted molar refractivity (Wildman–Crippen MR) is 76.5 cm³/mol. The molecule has 0 aromatic heterocycles. The van der Waals surface area contributed by atoms with E-state index in [1.54, 1.807) is 4.90 Å². The Labute approximate surface area is 121 Å².